The van der Waals surface area contributed by atoms with Gasteiger partial charge >= 0.3 is 0 Å². The van der Waals surface area contributed by atoms with Crippen molar-refractivity contribution in [3.8, 4) is 0 Å². The standard InChI is InChI=1S/C24H30N4O3S2/c1-2-27-14-16-28(17-15-27)33(30,31)20-9-7-8-19(18-20)25-23(29)12-5-6-13-24-26-21-10-3-4-11-22(21)32-24/h3-4,7-11,18H,2,5-6,12-17H2,1H3,(H,25,29). The Morgan fingerprint density at radius 1 is 1.06 bits per heavy atom. The molecule has 0 unspecified atom stereocenters. The Bertz CT molecular complexity index is 1170. The number of amides is 1. The van der Waals surface area contributed by atoms with E-state index >= 15 is 0 Å². The molecule has 33 heavy (non-hydrogen) atoms. The van der Waals surface area contributed by atoms with Gasteiger partial charge in [0.1, 0.15) is 0 Å². The van der Waals surface area contributed by atoms with E-state index in [2.05, 4.69) is 28.2 Å². The van der Waals surface area contributed by atoms with Crippen molar-refractivity contribution >= 4 is 43.2 Å². The number of aryl methyl sites for hydroxylation is 1. The molecule has 1 amide bonds. The van der Waals surface area contributed by atoms with E-state index in [-0.39, 0.29) is 10.8 Å². The van der Waals surface area contributed by atoms with E-state index in [0.717, 1.165) is 49.4 Å². The fraction of sp³-hybridized carbons (Fsp3) is 0.417. The summed E-state index contributed by atoms with van der Waals surface area (Å²) in [5, 5.41) is 3.94. The summed E-state index contributed by atoms with van der Waals surface area (Å²) in [4.78, 5) is 19.5. The van der Waals surface area contributed by atoms with E-state index in [1.54, 1.807) is 35.6 Å². The van der Waals surface area contributed by atoms with Gasteiger partial charge in [-0.3, -0.25) is 4.79 Å². The van der Waals surface area contributed by atoms with Gasteiger partial charge < -0.3 is 10.2 Å². The van der Waals surface area contributed by atoms with E-state index in [1.807, 2.05) is 18.2 Å². The van der Waals surface area contributed by atoms with Crippen molar-refractivity contribution < 1.29 is 13.2 Å². The van der Waals surface area contributed by atoms with Crippen LogP contribution in [0.15, 0.2) is 53.4 Å². The maximum Gasteiger partial charge on any atom is 0.243 e. The molecule has 0 bridgehead atoms. The van der Waals surface area contributed by atoms with E-state index in [9.17, 15) is 13.2 Å². The van der Waals surface area contributed by atoms with Gasteiger partial charge in [0.25, 0.3) is 0 Å². The lowest BCUT2D eigenvalue weighted by Crippen LogP contribution is -2.48. The van der Waals surface area contributed by atoms with Crippen LogP contribution in [0, 0.1) is 0 Å². The SMILES string of the molecule is CCN1CCN(S(=O)(=O)c2cccc(NC(=O)CCCCc3nc4ccccc4s3)c2)CC1. The third-order valence-electron chi connectivity index (χ3n) is 5.92. The number of sulfonamides is 1. The minimum absolute atomic E-state index is 0.106. The Balaban J connectivity index is 1.27. The number of nitrogens with one attached hydrogen (secondary N) is 1. The molecule has 4 rings (SSSR count). The lowest BCUT2D eigenvalue weighted by atomic mass is 10.2. The predicted molar refractivity (Wildman–Crippen MR) is 133 cm³/mol. The first-order valence-corrected chi connectivity index (χ1v) is 13.7. The second-order valence-corrected chi connectivity index (χ2v) is 11.2. The summed E-state index contributed by atoms with van der Waals surface area (Å²) >= 11 is 1.70. The number of thiazole rings is 1. The maximum absolute atomic E-state index is 13.0. The van der Waals surface area contributed by atoms with Crippen molar-refractivity contribution in [2.75, 3.05) is 38.0 Å². The Morgan fingerprint density at radius 2 is 1.85 bits per heavy atom. The zero-order valence-electron chi connectivity index (χ0n) is 18.9. The normalized spacial score (nSPS) is 15.7. The molecule has 3 aromatic rings. The zero-order chi connectivity index (χ0) is 23.3. The second kappa shape index (κ2) is 10.7. The van der Waals surface area contributed by atoms with Crippen LogP contribution < -0.4 is 5.32 Å². The quantitative estimate of drug-likeness (QED) is 0.463. The monoisotopic (exact) mass is 486 g/mol. The van der Waals surface area contributed by atoms with E-state index < -0.39 is 10.0 Å². The van der Waals surface area contributed by atoms with Crippen molar-refractivity contribution in [2.24, 2.45) is 0 Å². The molecule has 176 valence electrons. The molecule has 1 saturated heterocycles. The second-order valence-electron chi connectivity index (χ2n) is 8.20. The number of rotatable bonds is 9. The summed E-state index contributed by atoms with van der Waals surface area (Å²) in [5.74, 6) is -0.106. The Hall–Kier alpha value is -2.33. The number of carbonyl (C=O) groups is 1. The van der Waals surface area contributed by atoms with Gasteiger partial charge in [-0.2, -0.15) is 4.31 Å². The van der Waals surface area contributed by atoms with Gasteiger partial charge in [-0.05, 0) is 56.1 Å². The molecular weight excluding hydrogens is 456 g/mol. The minimum atomic E-state index is -3.57. The van der Waals surface area contributed by atoms with Crippen LogP contribution in [0.3, 0.4) is 0 Å². The number of hydrogen-bond acceptors (Lipinski definition) is 6. The first-order valence-electron chi connectivity index (χ1n) is 11.4. The minimum Gasteiger partial charge on any atom is -0.326 e. The highest BCUT2D eigenvalue weighted by molar-refractivity contribution is 7.89. The molecule has 9 heteroatoms. The fourth-order valence-electron chi connectivity index (χ4n) is 3.98. The molecule has 1 fully saturated rings. The van der Waals surface area contributed by atoms with Crippen LogP contribution in [0.5, 0.6) is 0 Å². The highest BCUT2D eigenvalue weighted by Gasteiger charge is 2.28. The number of aromatic nitrogens is 1. The van der Waals surface area contributed by atoms with Crippen LogP contribution in [0.4, 0.5) is 5.69 Å². The van der Waals surface area contributed by atoms with E-state index in [4.69, 9.17) is 0 Å². The molecule has 7 nitrogen and oxygen atoms in total. The van der Waals surface area contributed by atoms with Gasteiger partial charge in [-0.15, -0.1) is 11.3 Å². The molecule has 0 spiro atoms. The van der Waals surface area contributed by atoms with Crippen molar-refractivity contribution in [3.05, 3.63) is 53.5 Å². The average Bonchev–Trinajstić information content (AvgIpc) is 3.25. The number of anilines is 1. The van der Waals surface area contributed by atoms with Crippen molar-refractivity contribution in [1.82, 2.24) is 14.2 Å². The number of fused-ring (bicyclic) bond motifs is 1. The van der Waals surface area contributed by atoms with Gasteiger partial charge in [-0.1, -0.05) is 25.1 Å². The number of unbranched alkanes of at least 4 members (excludes halogenated alkanes) is 1. The molecule has 1 aliphatic rings. The summed E-state index contributed by atoms with van der Waals surface area (Å²) in [6, 6.07) is 14.6. The molecule has 2 heterocycles. The number of hydrogen-bond donors (Lipinski definition) is 1. The highest BCUT2D eigenvalue weighted by Crippen LogP contribution is 2.23. The zero-order valence-corrected chi connectivity index (χ0v) is 20.5. The van der Waals surface area contributed by atoms with Gasteiger partial charge in [0.05, 0.1) is 20.1 Å². The van der Waals surface area contributed by atoms with Gasteiger partial charge in [0.15, 0.2) is 0 Å². The van der Waals surface area contributed by atoms with E-state index in [1.165, 1.54) is 9.01 Å². The molecule has 0 saturated carbocycles. The number of carbonyl (C=O) groups excluding carboxylic acids is 1. The van der Waals surface area contributed by atoms with Crippen LogP contribution in [0.1, 0.15) is 31.2 Å². The Labute approximate surface area is 199 Å². The Morgan fingerprint density at radius 3 is 2.61 bits per heavy atom. The predicted octanol–water partition coefficient (Wildman–Crippen LogP) is 3.97. The summed E-state index contributed by atoms with van der Waals surface area (Å²) in [6.07, 6.45) is 2.87. The van der Waals surface area contributed by atoms with Crippen LogP contribution >= 0.6 is 11.3 Å². The number of para-hydroxylation sites is 1. The van der Waals surface area contributed by atoms with Crippen LogP contribution in [-0.2, 0) is 21.2 Å². The number of likely N-dealkylation sites (N-methyl/N-ethyl adjacent to an activating group) is 1. The van der Waals surface area contributed by atoms with Gasteiger partial charge in [0.2, 0.25) is 15.9 Å². The maximum atomic E-state index is 13.0. The van der Waals surface area contributed by atoms with Crippen molar-refractivity contribution in [3.63, 3.8) is 0 Å². The summed E-state index contributed by atoms with van der Waals surface area (Å²) in [7, 11) is -3.57. The van der Waals surface area contributed by atoms with Crippen molar-refractivity contribution in [1.29, 1.82) is 0 Å². The lowest BCUT2D eigenvalue weighted by Gasteiger charge is -2.33. The first kappa shape index (κ1) is 23.8. The lowest BCUT2D eigenvalue weighted by molar-refractivity contribution is -0.116. The molecule has 0 aliphatic carbocycles. The smallest absolute Gasteiger partial charge is 0.243 e. The molecule has 1 N–H and O–H groups in total. The molecule has 1 aromatic heterocycles. The summed E-state index contributed by atoms with van der Waals surface area (Å²) < 4.78 is 28.8. The summed E-state index contributed by atoms with van der Waals surface area (Å²) in [5.41, 5.74) is 1.54. The molecule has 0 atom stereocenters. The van der Waals surface area contributed by atoms with Crippen molar-refractivity contribution in [2.45, 2.75) is 37.5 Å². The Kier molecular flexibility index (Phi) is 7.75. The van der Waals surface area contributed by atoms with E-state index in [0.29, 0.717) is 25.2 Å². The molecular formula is C24H30N4O3S2. The van der Waals surface area contributed by atoms with Gasteiger partial charge in [-0.25, -0.2) is 13.4 Å². The van der Waals surface area contributed by atoms with Crippen LogP contribution in [0.25, 0.3) is 10.2 Å². The number of nitrogens with zero attached hydrogens (tertiary/aromatic N) is 3. The highest BCUT2D eigenvalue weighted by atomic mass is 32.2. The first-order chi connectivity index (χ1) is 16.0. The van der Waals surface area contributed by atoms with Crippen LogP contribution in [-0.4, -0.2) is 61.2 Å². The number of piperazine rings is 1. The molecule has 1 aliphatic heterocycles. The summed E-state index contributed by atoms with van der Waals surface area (Å²) in [6.45, 7) is 5.46. The topological polar surface area (TPSA) is 82.6 Å². The fourth-order valence-corrected chi connectivity index (χ4v) is 6.46. The van der Waals surface area contributed by atoms with Crippen LogP contribution in [0.2, 0.25) is 0 Å². The van der Waals surface area contributed by atoms with Gasteiger partial charge in [0, 0.05) is 38.3 Å². The third-order valence-corrected chi connectivity index (χ3v) is 8.91. The molecule has 0 radical (unpaired) electrons. The average molecular weight is 487 g/mol. The number of benzene rings is 2. The largest absolute Gasteiger partial charge is 0.326 e. The third kappa shape index (κ3) is 5.97. The molecule has 2 aromatic carbocycles.